The third-order valence-corrected chi connectivity index (χ3v) is 19.3. The van der Waals surface area contributed by atoms with E-state index in [1.165, 1.54) is 12.5 Å². The van der Waals surface area contributed by atoms with Gasteiger partial charge in [-0.1, -0.05) is 39.3 Å². The Labute approximate surface area is 387 Å². The zero-order valence-corrected chi connectivity index (χ0v) is 39.7. The van der Waals surface area contributed by atoms with E-state index in [4.69, 9.17) is 37.9 Å². The summed E-state index contributed by atoms with van der Waals surface area (Å²) in [5.41, 5.74) is -0.692. The highest BCUT2D eigenvalue weighted by molar-refractivity contribution is 5.28. The Hall–Kier alpha value is -0.980. The maximum Gasteiger partial charge on any atom is 0.187 e. The molecule has 18 heteroatoms. The number of hydrogen-bond acceptors (Lipinski definition) is 18. The Bertz CT molecular complexity index is 1790. The van der Waals surface area contributed by atoms with Gasteiger partial charge in [0, 0.05) is 17.8 Å². The minimum atomic E-state index is -1.86. The number of hydrogen-bond donors (Lipinski definition) is 10. The molecular formula is C48H78O18. The molecule has 5 saturated heterocycles. The molecule has 2 bridgehead atoms. The van der Waals surface area contributed by atoms with Crippen LogP contribution in [0.5, 0.6) is 0 Å². The summed E-state index contributed by atoms with van der Waals surface area (Å²) in [5.74, 6) is -0.143. The molecule has 11 unspecified atom stereocenters. The summed E-state index contributed by atoms with van der Waals surface area (Å²) >= 11 is 0. The summed E-state index contributed by atoms with van der Waals surface area (Å²) in [6, 6.07) is 0. The van der Waals surface area contributed by atoms with E-state index >= 15 is 0 Å². The van der Waals surface area contributed by atoms with Crippen molar-refractivity contribution >= 4 is 0 Å². The van der Waals surface area contributed by atoms with Gasteiger partial charge in [0.2, 0.25) is 0 Å². The van der Waals surface area contributed by atoms with E-state index in [1.54, 1.807) is 0 Å². The van der Waals surface area contributed by atoms with Gasteiger partial charge in [-0.2, -0.15) is 0 Å². The smallest absolute Gasteiger partial charge is 0.187 e. The molecule has 18 nitrogen and oxygen atoms in total. The normalized spacial score (nSPS) is 57.4. The third kappa shape index (κ3) is 7.32. The fourth-order valence-electron chi connectivity index (χ4n) is 15.9. The largest absolute Gasteiger partial charge is 0.394 e. The molecule has 5 heterocycles. The summed E-state index contributed by atoms with van der Waals surface area (Å²) in [6.45, 7) is 16.1. The minimum absolute atomic E-state index is 0.0887. The number of fused-ring (bicyclic) bond motifs is 4. The average Bonchev–Trinajstić information content (AvgIpc) is 3.87. The van der Waals surface area contributed by atoms with Crippen LogP contribution in [0.15, 0.2) is 11.6 Å². The number of aliphatic hydroxyl groups excluding tert-OH is 9. The van der Waals surface area contributed by atoms with E-state index in [0.717, 1.165) is 38.5 Å². The van der Waals surface area contributed by atoms with Crippen LogP contribution < -0.4 is 0 Å². The molecule has 0 radical (unpaired) electrons. The maximum atomic E-state index is 12.3. The average molecular weight is 943 g/mol. The fraction of sp³-hybridized carbons (Fsp3) is 0.958. The quantitative estimate of drug-likeness (QED) is 0.105. The third-order valence-electron chi connectivity index (χ3n) is 19.3. The van der Waals surface area contributed by atoms with Crippen LogP contribution in [0.4, 0.5) is 0 Å². The molecule has 4 saturated carbocycles. The van der Waals surface area contributed by atoms with Crippen LogP contribution in [-0.2, 0) is 37.9 Å². The van der Waals surface area contributed by atoms with Gasteiger partial charge >= 0.3 is 0 Å². The molecular weight excluding hydrogens is 865 g/mol. The standard InChI is InChI=1S/C48H78O18/c1-21(2)9-12-29-46(8,58)39-23-10-11-27-44(6)15-14-28(43(4,5)26(44)13-16-45(27,7)47(23)19-48(39,66-29)59-20-47)63-42-38(65-40-35(56)33(54)30(51)22(3)60-40)37(32(53)25(18-50)62-42)64-41-36(57)34(55)31(52)24(17-49)61-41/h9,22-42,49-58H,10-20H2,1-8H3/t22-,23?,24+,25+,26?,27?,28?,29?,30-,31+,32+,33+,34-,35+,36+,37-,38+,39?,40-,41-,42-,44?,45?,46?,47?,48?/m0/s1. The van der Waals surface area contributed by atoms with Crippen LogP contribution in [0.3, 0.4) is 0 Å². The second-order valence-electron chi connectivity index (χ2n) is 23.3. The predicted molar refractivity (Wildman–Crippen MR) is 229 cm³/mol. The second-order valence-corrected chi connectivity index (χ2v) is 23.3. The van der Waals surface area contributed by atoms with E-state index in [1.807, 2.05) is 6.92 Å². The van der Waals surface area contributed by atoms with Crippen molar-refractivity contribution in [3.8, 4) is 0 Å². The number of rotatable bonds is 10. The van der Waals surface area contributed by atoms with Crippen LogP contribution in [-0.4, -0.2) is 187 Å². The van der Waals surface area contributed by atoms with Crippen molar-refractivity contribution in [2.75, 3.05) is 19.8 Å². The minimum Gasteiger partial charge on any atom is -0.394 e. The van der Waals surface area contributed by atoms with Crippen LogP contribution in [0.1, 0.15) is 107 Å². The Morgan fingerprint density at radius 1 is 0.667 bits per heavy atom. The van der Waals surface area contributed by atoms with E-state index in [0.29, 0.717) is 25.4 Å². The highest BCUT2D eigenvalue weighted by Crippen LogP contribution is 2.81. The molecule has 0 aromatic rings. The van der Waals surface area contributed by atoms with Crippen LogP contribution in [0.25, 0.3) is 0 Å². The first-order chi connectivity index (χ1) is 30.9. The Morgan fingerprint density at radius 3 is 1.95 bits per heavy atom. The Balaban J connectivity index is 0.986. The van der Waals surface area contributed by atoms with Gasteiger partial charge in [0.25, 0.3) is 0 Å². The van der Waals surface area contributed by atoms with Crippen molar-refractivity contribution in [3.05, 3.63) is 11.6 Å². The molecule has 9 rings (SSSR count). The van der Waals surface area contributed by atoms with Gasteiger partial charge in [0.05, 0.1) is 43.7 Å². The predicted octanol–water partition coefficient (Wildman–Crippen LogP) is 0.355. The molecule has 0 amide bonds. The molecule has 9 fully saturated rings. The SMILES string of the molecule is CC(C)=CCC1OC23CC4(CO2)C(CCC2C5(C)CCC(O[C@@H]6O[C@H](CO)[C@@H](O)[C@H](O[C@@H]7O[C@H](CO)[C@@H](O)[C@H](O)[C@H]7O)[C@H]6O[C@@H]6O[C@@H](C)[C@H](O)[C@@H](O)[C@H]6O)C(C)(C)C5CCC24C)C3C1(C)O. The summed E-state index contributed by atoms with van der Waals surface area (Å²) in [5, 5.41) is 109. The first kappa shape index (κ1) is 50.0. The Morgan fingerprint density at radius 2 is 1.29 bits per heavy atom. The lowest BCUT2D eigenvalue weighted by molar-refractivity contribution is -0.398. The molecule has 5 aliphatic heterocycles. The van der Waals surface area contributed by atoms with E-state index < -0.39 is 128 Å². The second kappa shape index (κ2) is 17.4. The van der Waals surface area contributed by atoms with Crippen molar-refractivity contribution in [2.24, 2.45) is 45.3 Å². The van der Waals surface area contributed by atoms with Crippen molar-refractivity contribution in [3.63, 3.8) is 0 Å². The van der Waals surface area contributed by atoms with Crippen molar-refractivity contribution in [1.29, 1.82) is 0 Å². The topological polar surface area (TPSA) is 276 Å². The summed E-state index contributed by atoms with van der Waals surface area (Å²) in [7, 11) is 0. The molecule has 26 atom stereocenters. The number of ether oxygens (including phenoxy) is 8. The molecule has 2 spiro atoms. The van der Waals surface area contributed by atoms with E-state index in [-0.39, 0.29) is 40.1 Å². The monoisotopic (exact) mass is 943 g/mol. The van der Waals surface area contributed by atoms with Crippen molar-refractivity contribution in [2.45, 2.75) is 222 Å². The van der Waals surface area contributed by atoms with Crippen molar-refractivity contribution < 1.29 is 89.0 Å². The van der Waals surface area contributed by atoms with Gasteiger partial charge in [-0.15, -0.1) is 0 Å². The van der Waals surface area contributed by atoms with Gasteiger partial charge in [-0.25, -0.2) is 0 Å². The van der Waals surface area contributed by atoms with Crippen LogP contribution >= 0.6 is 0 Å². The van der Waals surface area contributed by atoms with Gasteiger partial charge in [-0.3, -0.25) is 0 Å². The van der Waals surface area contributed by atoms with Crippen molar-refractivity contribution in [1.82, 2.24) is 0 Å². The molecule has 378 valence electrons. The van der Waals surface area contributed by atoms with Crippen LogP contribution in [0.2, 0.25) is 0 Å². The lowest BCUT2D eigenvalue weighted by atomic mass is 9.35. The zero-order chi connectivity index (χ0) is 47.8. The van der Waals surface area contributed by atoms with E-state index in [2.05, 4.69) is 47.6 Å². The molecule has 4 aliphatic carbocycles. The summed E-state index contributed by atoms with van der Waals surface area (Å²) < 4.78 is 51.1. The summed E-state index contributed by atoms with van der Waals surface area (Å²) in [4.78, 5) is 0. The highest BCUT2D eigenvalue weighted by atomic mass is 16.8. The van der Waals surface area contributed by atoms with E-state index in [9.17, 15) is 51.1 Å². The molecule has 0 aromatic carbocycles. The fourth-order valence-corrected chi connectivity index (χ4v) is 15.9. The highest BCUT2D eigenvalue weighted by Gasteiger charge is 2.82. The first-order valence-corrected chi connectivity index (χ1v) is 24.5. The lowest BCUT2D eigenvalue weighted by Crippen LogP contribution is -2.68. The number of aliphatic hydroxyl groups is 10. The molecule has 9 aliphatic rings. The van der Waals surface area contributed by atoms with Gasteiger partial charge in [0.1, 0.15) is 67.1 Å². The first-order valence-electron chi connectivity index (χ1n) is 24.5. The summed E-state index contributed by atoms with van der Waals surface area (Å²) in [6.07, 6.45) is -15.6. The number of allylic oxidation sites excluding steroid dienone is 1. The molecule has 66 heavy (non-hydrogen) atoms. The zero-order valence-electron chi connectivity index (χ0n) is 39.7. The maximum absolute atomic E-state index is 12.3. The molecule has 0 aromatic heterocycles. The van der Waals surface area contributed by atoms with Gasteiger partial charge < -0.3 is 89.0 Å². The molecule has 10 N–H and O–H groups in total. The lowest BCUT2D eigenvalue weighted by Gasteiger charge is -2.70. The van der Waals surface area contributed by atoms with Gasteiger partial charge in [-0.05, 0) is 107 Å². The Kier molecular flexibility index (Phi) is 13.1. The van der Waals surface area contributed by atoms with Crippen LogP contribution in [0, 0.1) is 45.3 Å². The van der Waals surface area contributed by atoms with Gasteiger partial charge in [0.15, 0.2) is 24.7 Å².